The lowest BCUT2D eigenvalue weighted by atomic mass is 10.2. The van der Waals surface area contributed by atoms with Gasteiger partial charge in [0.05, 0.1) is 5.69 Å². The highest BCUT2D eigenvalue weighted by molar-refractivity contribution is 5.45. The molecule has 0 amide bonds. The summed E-state index contributed by atoms with van der Waals surface area (Å²) in [5.74, 6) is 1.74. The molecule has 3 heterocycles. The third-order valence-corrected chi connectivity index (χ3v) is 4.36. The summed E-state index contributed by atoms with van der Waals surface area (Å²) < 4.78 is 0. The minimum Gasteiger partial charge on any atom is -0.354 e. The second-order valence-corrected chi connectivity index (χ2v) is 6.25. The lowest BCUT2D eigenvalue weighted by Crippen LogP contribution is -2.46. The molecule has 0 aliphatic carbocycles. The van der Waals surface area contributed by atoms with E-state index in [2.05, 4.69) is 56.0 Å². The summed E-state index contributed by atoms with van der Waals surface area (Å²) in [5, 5.41) is 3.21. The number of rotatable bonds is 5. The maximum Gasteiger partial charge on any atom is 0.224 e. The third-order valence-electron chi connectivity index (χ3n) is 4.36. The molecule has 1 fully saturated rings. The molecule has 0 aromatic carbocycles. The first-order valence-electron chi connectivity index (χ1n) is 8.63. The van der Waals surface area contributed by atoms with Gasteiger partial charge in [0, 0.05) is 57.2 Å². The van der Waals surface area contributed by atoms with Gasteiger partial charge in [0.2, 0.25) is 5.95 Å². The van der Waals surface area contributed by atoms with Crippen LogP contribution in [0.5, 0.6) is 0 Å². The molecular weight excluding hydrogens is 300 g/mol. The zero-order valence-corrected chi connectivity index (χ0v) is 14.8. The van der Waals surface area contributed by atoms with Crippen molar-refractivity contribution in [3.05, 3.63) is 41.3 Å². The first-order chi connectivity index (χ1) is 11.7. The quantitative estimate of drug-likeness (QED) is 0.909. The van der Waals surface area contributed by atoms with Crippen molar-refractivity contribution in [3.63, 3.8) is 0 Å². The molecule has 0 radical (unpaired) electrons. The molecule has 1 aliphatic rings. The number of pyridine rings is 1. The molecule has 3 rings (SSSR count). The van der Waals surface area contributed by atoms with Crippen LogP contribution in [0.3, 0.4) is 0 Å². The van der Waals surface area contributed by atoms with Crippen molar-refractivity contribution in [2.45, 2.75) is 27.3 Å². The van der Waals surface area contributed by atoms with Crippen molar-refractivity contribution in [2.24, 2.45) is 0 Å². The minimum atomic E-state index is 0.721. The topological polar surface area (TPSA) is 57.2 Å². The van der Waals surface area contributed by atoms with Gasteiger partial charge in [0.25, 0.3) is 0 Å². The molecule has 1 aliphatic heterocycles. The molecule has 24 heavy (non-hydrogen) atoms. The van der Waals surface area contributed by atoms with E-state index >= 15 is 0 Å². The number of aryl methyl sites for hydroxylation is 2. The zero-order valence-electron chi connectivity index (χ0n) is 14.8. The van der Waals surface area contributed by atoms with Gasteiger partial charge in [0.15, 0.2) is 0 Å². The molecule has 1 N–H and O–H groups in total. The number of hydrogen-bond donors (Lipinski definition) is 1. The average Bonchev–Trinajstić information content (AvgIpc) is 2.57. The Balaban J connectivity index is 1.62. The summed E-state index contributed by atoms with van der Waals surface area (Å²) in [6.45, 7) is 12.0. The van der Waals surface area contributed by atoms with Crippen LogP contribution in [0, 0.1) is 13.8 Å². The van der Waals surface area contributed by atoms with Crippen molar-refractivity contribution >= 4 is 11.8 Å². The van der Waals surface area contributed by atoms with E-state index in [1.807, 2.05) is 19.2 Å². The Morgan fingerprint density at radius 3 is 2.62 bits per heavy atom. The van der Waals surface area contributed by atoms with E-state index in [9.17, 15) is 0 Å². The summed E-state index contributed by atoms with van der Waals surface area (Å²) >= 11 is 0. The van der Waals surface area contributed by atoms with Gasteiger partial charge in [-0.3, -0.25) is 9.88 Å². The van der Waals surface area contributed by atoms with Gasteiger partial charge in [-0.2, -0.15) is 4.98 Å². The van der Waals surface area contributed by atoms with Crippen molar-refractivity contribution in [1.82, 2.24) is 19.9 Å². The Morgan fingerprint density at radius 1 is 1.12 bits per heavy atom. The fourth-order valence-electron chi connectivity index (χ4n) is 2.98. The SMILES string of the molecule is CCNc1nc(C)cc(N2CCN(Cc3ncccc3C)CC2)n1. The average molecular weight is 326 g/mol. The first-order valence-corrected chi connectivity index (χ1v) is 8.63. The molecule has 0 bridgehead atoms. The molecule has 0 unspecified atom stereocenters. The summed E-state index contributed by atoms with van der Waals surface area (Å²) in [6, 6.07) is 6.19. The molecule has 2 aromatic heterocycles. The highest BCUT2D eigenvalue weighted by Crippen LogP contribution is 2.18. The van der Waals surface area contributed by atoms with Crippen LogP contribution in [0.25, 0.3) is 0 Å². The van der Waals surface area contributed by atoms with Crippen LogP contribution in [0.15, 0.2) is 24.4 Å². The Morgan fingerprint density at radius 2 is 1.92 bits per heavy atom. The number of piperazine rings is 1. The van der Waals surface area contributed by atoms with Crippen molar-refractivity contribution in [2.75, 3.05) is 42.9 Å². The van der Waals surface area contributed by atoms with E-state index in [0.29, 0.717) is 0 Å². The number of anilines is 2. The maximum absolute atomic E-state index is 4.64. The monoisotopic (exact) mass is 326 g/mol. The fraction of sp³-hybridized carbons (Fsp3) is 0.500. The molecule has 6 heteroatoms. The molecule has 0 atom stereocenters. The van der Waals surface area contributed by atoms with Crippen molar-refractivity contribution in [1.29, 1.82) is 0 Å². The highest BCUT2D eigenvalue weighted by Gasteiger charge is 2.19. The largest absolute Gasteiger partial charge is 0.354 e. The summed E-state index contributed by atoms with van der Waals surface area (Å²) in [7, 11) is 0. The van der Waals surface area contributed by atoms with E-state index in [1.165, 1.54) is 11.3 Å². The standard InChI is InChI=1S/C18H26N6/c1-4-19-18-21-15(3)12-17(22-18)24-10-8-23(9-11-24)13-16-14(2)6-5-7-20-16/h5-7,12H,4,8-11,13H2,1-3H3,(H,19,21,22). The normalized spacial score (nSPS) is 15.5. The number of nitrogens with one attached hydrogen (secondary N) is 1. The van der Waals surface area contributed by atoms with Gasteiger partial charge >= 0.3 is 0 Å². The number of hydrogen-bond acceptors (Lipinski definition) is 6. The van der Waals surface area contributed by atoms with Crippen LogP contribution in [-0.4, -0.2) is 52.6 Å². The van der Waals surface area contributed by atoms with E-state index < -0.39 is 0 Å². The van der Waals surface area contributed by atoms with Gasteiger partial charge in [-0.1, -0.05) is 6.07 Å². The molecule has 2 aromatic rings. The lowest BCUT2D eigenvalue weighted by molar-refractivity contribution is 0.246. The van der Waals surface area contributed by atoms with Gasteiger partial charge in [-0.15, -0.1) is 0 Å². The Bertz CT molecular complexity index is 679. The van der Waals surface area contributed by atoms with Crippen LogP contribution in [0.1, 0.15) is 23.9 Å². The zero-order chi connectivity index (χ0) is 16.9. The number of nitrogens with zero attached hydrogens (tertiary/aromatic N) is 5. The smallest absolute Gasteiger partial charge is 0.224 e. The second-order valence-electron chi connectivity index (χ2n) is 6.25. The van der Waals surface area contributed by atoms with E-state index in [4.69, 9.17) is 0 Å². The van der Waals surface area contributed by atoms with Crippen LogP contribution >= 0.6 is 0 Å². The first kappa shape index (κ1) is 16.6. The highest BCUT2D eigenvalue weighted by atomic mass is 15.3. The number of aromatic nitrogens is 3. The second kappa shape index (κ2) is 7.57. The Labute approximate surface area is 143 Å². The predicted octanol–water partition coefficient (Wildman–Crippen LogP) is 2.24. The van der Waals surface area contributed by atoms with Crippen LogP contribution in [0.4, 0.5) is 11.8 Å². The van der Waals surface area contributed by atoms with Crippen LogP contribution < -0.4 is 10.2 Å². The van der Waals surface area contributed by atoms with Crippen molar-refractivity contribution < 1.29 is 0 Å². The molecule has 0 saturated carbocycles. The molecule has 128 valence electrons. The van der Waals surface area contributed by atoms with Gasteiger partial charge in [-0.25, -0.2) is 4.98 Å². The Kier molecular flexibility index (Phi) is 5.25. The van der Waals surface area contributed by atoms with Crippen LogP contribution in [-0.2, 0) is 6.54 Å². The third kappa shape index (κ3) is 4.00. The Hall–Kier alpha value is -2.21. The van der Waals surface area contributed by atoms with Crippen molar-refractivity contribution in [3.8, 4) is 0 Å². The molecule has 1 saturated heterocycles. The molecule has 6 nitrogen and oxygen atoms in total. The summed E-state index contributed by atoms with van der Waals surface area (Å²) in [4.78, 5) is 18.4. The minimum absolute atomic E-state index is 0.721. The summed E-state index contributed by atoms with van der Waals surface area (Å²) in [5.41, 5.74) is 3.45. The van der Waals surface area contributed by atoms with Gasteiger partial charge in [0.1, 0.15) is 5.82 Å². The van der Waals surface area contributed by atoms with Gasteiger partial charge < -0.3 is 10.2 Å². The van der Waals surface area contributed by atoms with E-state index in [1.54, 1.807) is 0 Å². The molecule has 0 spiro atoms. The summed E-state index contributed by atoms with van der Waals surface area (Å²) in [6.07, 6.45) is 1.88. The predicted molar refractivity (Wildman–Crippen MR) is 97.4 cm³/mol. The molecular formula is C18H26N6. The fourth-order valence-corrected chi connectivity index (χ4v) is 2.98. The van der Waals surface area contributed by atoms with E-state index in [0.717, 1.165) is 56.7 Å². The lowest BCUT2D eigenvalue weighted by Gasteiger charge is -2.35. The van der Waals surface area contributed by atoms with Crippen LogP contribution in [0.2, 0.25) is 0 Å². The maximum atomic E-state index is 4.64. The van der Waals surface area contributed by atoms with E-state index in [-0.39, 0.29) is 0 Å². The van der Waals surface area contributed by atoms with Gasteiger partial charge in [-0.05, 0) is 32.4 Å².